The highest BCUT2D eigenvalue weighted by Crippen LogP contribution is 2.57. The van der Waals surface area contributed by atoms with Crippen LogP contribution in [0.3, 0.4) is 0 Å². The lowest BCUT2D eigenvalue weighted by Crippen LogP contribution is -2.49. The van der Waals surface area contributed by atoms with Crippen molar-refractivity contribution in [3.8, 4) is 0 Å². The predicted octanol–water partition coefficient (Wildman–Crippen LogP) is 6.39. The number of hydrogen-bond donors (Lipinski definition) is 3. The number of carbonyl (C=O) groups is 2. The van der Waals surface area contributed by atoms with Gasteiger partial charge in [-0.1, -0.05) is 62.2 Å². The SMILES string of the molecule is CC(C)(C)C[C@@H]1N[C@@H](C(=O)CC2CCC(O)CC2)[C@H](c2cccc(Cl)c2F)[C@@]12C(=O)Nc1cc(Cl)ccc12. The lowest BCUT2D eigenvalue weighted by Gasteiger charge is -2.38. The van der Waals surface area contributed by atoms with Gasteiger partial charge in [0.05, 0.1) is 17.2 Å². The number of fused-ring (bicyclic) bond motifs is 2. The summed E-state index contributed by atoms with van der Waals surface area (Å²) in [4.78, 5) is 28.2. The second-order valence-corrected chi connectivity index (χ2v) is 13.3. The van der Waals surface area contributed by atoms with Crippen LogP contribution in [0, 0.1) is 17.2 Å². The lowest BCUT2D eigenvalue weighted by atomic mass is 9.62. The quantitative estimate of drug-likeness (QED) is 0.395. The molecule has 1 spiro atoms. The van der Waals surface area contributed by atoms with Gasteiger partial charge >= 0.3 is 0 Å². The first-order chi connectivity index (χ1) is 17.9. The van der Waals surface area contributed by atoms with Crippen LogP contribution in [0.5, 0.6) is 0 Å². The summed E-state index contributed by atoms with van der Waals surface area (Å²) in [5.74, 6) is -1.57. The molecule has 0 bridgehead atoms. The number of benzene rings is 2. The number of hydrogen-bond acceptors (Lipinski definition) is 4. The van der Waals surface area contributed by atoms with E-state index in [0.29, 0.717) is 42.0 Å². The molecule has 2 fully saturated rings. The van der Waals surface area contributed by atoms with Gasteiger partial charge in [-0.3, -0.25) is 9.59 Å². The number of Topliss-reactive ketones (excluding diaryl/α,β-unsaturated/α-hetero) is 1. The molecule has 0 unspecified atom stereocenters. The van der Waals surface area contributed by atoms with Crippen molar-refractivity contribution >= 4 is 40.6 Å². The fourth-order valence-corrected chi connectivity index (χ4v) is 7.32. The molecular formula is C30H35Cl2FN2O3. The number of rotatable bonds is 5. The molecule has 1 saturated heterocycles. The number of nitrogens with one attached hydrogen (secondary N) is 2. The summed E-state index contributed by atoms with van der Waals surface area (Å²) in [5, 5.41) is 16.9. The highest BCUT2D eigenvalue weighted by atomic mass is 35.5. The zero-order valence-corrected chi connectivity index (χ0v) is 23.5. The minimum atomic E-state index is -1.23. The molecule has 1 saturated carbocycles. The summed E-state index contributed by atoms with van der Waals surface area (Å²) >= 11 is 12.6. The third kappa shape index (κ3) is 4.78. The van der Waals surface area contributed by atoms with E-state index in [9.17, 15) is 14.7 Å². The van der Waals surface area contributed by atoms with E-state index in [1.54, 1.807) is 24.3 Å². The number of carbonyl (C=O) groups excluding carboxylic acids is 2. The number of halogens is 3. The molecule has 5 rings (SSSR count). The van der Waals surface area contributed by atoms with E-state index in [1.165, 1.54) is 6.07 Å². The summed E-state index contributed by atoms with van der Waals surface area (Å²) < 4.78 is 15.8. The Balaban J connectivity index is 1.67. The Kier molecular flexibility index (Phi) is 7.40. The molecule has 2 aromatic rings. The maximum atomic E-state index is 15.8. The van der Waals surface area contributed by atoms with Crippen molar-refractivity contribution in [2.45, 2.75) is 88.8 Å². The molecule has 2 aromatic carbocycles. The van der Waals surface area contributed by atoms with Gasteiger partial charge in [-0.15, -0.1) is 0 Å². The van der Waals surface area contributed by atoms with Gasteiger partial charge in [0.15, 0.2) is 5.78 Å². The molecule has 3 aliphatic rings. The Morgan fingerprint density at radius 2 is 1.84 bits per heavy atom. The standard InChI is InChI=1S/C30H35Cl2FN2O3/c1-29(2,3)15-24-30(20-12-9-17(31)14-22(20)34-28(30)38)25(19-5-4-6-21(32)26(19)33)27(35-24)23(37)13-16-7-10-18(36)11-8-16/h4-6,9,12,14,16,18,24-25,27,35-36H,7-8,10-11,13,15H2,1-3H3,(H,34,38)/t16?,18?,24-,25-,27-,30-/m0/s1. The van der Waals surface area contributed by atoms with E-state index in [-0.39, 0.29) is 39.7 Å². The number of ketones is 1. The average molecular weight is 562 g/mol. The first-order valence-corrected chi connectivity index (χ1v) is 14.2. The Bertz CT molecular complexity index is 1250. The van der Waals surface area contributed by atoms with E-state index >= 15 is 4.39 Å². The van der Waals surface area contributed by atoms with Crippen LogP contribution in [-0.4, -0.2) is 35.0 Å². The molecule has 38 heavy (non-hydrogen) atoms. The zero-order valence-electron chi connectivity index (χ0n) is 22.0. The van der Waals surface area contributed by atoms with E-state index in [1.807, 2.05) is 6.07 Å². The highest BCUT2D eigenvalue weighted by molar-refractivity contribution is 6.31. The van der Waals surface area contributed by atoms with Crippen molar-refractivity contribution in [1.29, 1.82) is 0 Å². The van der Waals surface area contributed by atoms with Crippen molar-refractivity contribution in [1.82, 2.24) is 5.32 Å². The first kappa shape index (κ1) is 27.6. The van der Waals surface area contributed by atoms with Gasteiger partial charge in [-0.25, -0.2) is 4.39 Å². The molecule has 2 heterocycles. The summed E-state index contributed by atoms with van der Waals surface area (Å²) in [6, 6.07) is 8.87. The topological polar surface area (TPSA) is 78.4 Å². The number of aliphatic hydroxyl groups is 1. The van der Waals surface area contributed by atoms with Gasteiger partial charge in [-0.2, -0.15) is 0 Å². The molecule has 1 aliphatic carbocycles. The normalized spacial score (nSPS) is 30.9. The van der Waals surface area contributed by atoms with Crippen molar-refractivity contribution < 1.29 is 19.1 Å². The van der Waals surface area contributed by atoms with Crippen LogP contribution in [-0.2, 0) is 15.0 Å². The molecule has 204 valence electrons. The summed E-state index contributed by atoms with van der Waals surface area (Å²) in [7, 11) is 0. The van der Waals surface area contributed by atoms with Gasteiger partial charge < -0.3 is 15.7 Å². The molecule has 4 atom stereocenters. The van der Waals surface area contributed by atoms with E-state index in [4.69, 9.17) is 23.2 Å². The zero-order chi connectivity index (χ0) is 27.4. The molecule has 2 aliphatic heterocycles. The van der Waals surface area contributed by atoms with Gasteiger partial charge in [-0.05, 0) is 72.8 Å². The fourth-order valence-electron chi connectivity index (χ4n) is 6.96. The fraction of sp³-hybridized carbons (Fsp3) is 0.533. The van der Waals surface area contributed by atoms with Crippen LogP contribution in [0.15, 0.2) is 36.4 Å². The van der Waals surface area contributed by atoms with Crippen molar-refractivity contribution in [3.05, 3.63) is 63.4 Å². The third-order valence-corrected chi connectivity index (χ3v) is 9.12. The van der Waals surface area contributed by atoms with E-state index in [0.717, 1.165) is 12.8 Å². The smallest absolute Gasteiger partial charge is 0.237 e. The second kappa shape index (κ2) is 10.2. The third-order valence-electron chi connectivity index (χ3n) is 8.59. The van der Waals surface area contributed by atoms with Crippen LogP contribution in [0.25, 0.3) is 0 Å². The minimum absolute atomic E-state index is 0.0400. The monoisotopic (exact) mass is 560 g/mol. The highest BCUT2D eigenvalue weighted by Gasteiger charge is 2.66. The van der Waals surface area contributed by atoms with E-state index in [2.05, 4.69) is 31.4 Å². The maximum Gasteiger partial charge on any atom is 0.237 e. The van der Waals surface area contributed by atoms with Crippen LogP contribution >= 0.6 is 23.2 Å². The number of anilines is 1. The molecule has 8 heteroatoms. The maximum absolute atomic E-state index is 15.8. The summed E-state index contributed by atoms with van der Waals surface area (Å²) in [6.07, 6.45) is 3.48. The van der Waals surface area contributed by atoms with E-state index < -0.39 is 29.2 Å². The van der Waals surface area contributed by atoms with Gasteiger partial charge in [0.1, 0.15) is 11.2 Å². The largest absolute Gasteiger partial charge is 0.393 e. The van der Waals surface area contributed by atoms with Gasteiger partial charge in [0, 0.05) is 29.1 Å². The Labute approximate surface area is 233 Å². The van der Waals surface area contributed by atoms with Crippen LogP contribution in [0.1, 0.15) is 76.3 Å². The Morgan fingerprint density at radius 1 is 1.13 bits per heavy atom. The number of aliphatic hydroxyl groups excluding tert-OH is 1. The molecule has 0 aromatic heterocycles. The Hall–Kier alpha value is -1.99. The average Bonchev–Trinajstić information content (AvgIpc) is 3.31. The van der Waals surface area contributed by atoms with Crippen LogP contribution in [0.2, 0.25) is 10.0 Å². The van der Waals surface area contributed by atoms with Crippen molar-refractivity contribution in [2.75, 3.05) is 5.32 Å². The molecule has 0 radical (unpaired) electrons. The second-order valence-electron chi connectivity index (χ2n) is 12.4. The molecule has 3 N–H and O–H groups in total. The van der Waals surface area contributed by atoms with Crippen molar-refractivity contribution in [3.63, 3.8) is 0 Å². The minimum Gasteiger partial charge on any atom is -0.393 e. The number of amides is 1. The van der Waals surface area contributed by atoms with Crippen molar-refractivity contribution in [2.24, 2.45) is 11.3 Å². The predicted molar refractivity (Wildman–Crippen MR) is 148 cm³/mol. The summed E-state index contributed by atoms with van der Waals surface area (Å²) in [6.45, 7) is 6.28. The van der Waals surface area contributed by atoms with Crippen LogP contribution < -0.4 is 10.6 Å². The molecule has 1 amide bonds. The van der Waals surface area contributed by atoms with Gasteiger partial charge in [0.2, 0.25) is 5.91 Å². The van der Waals surface area contributed by atoms with Gasteiger partial charge in [0.25, 0.3) is 0 Å². The molecule has 5 nitrogen and oxygen atoms in total. The lowest BCUT2D eigenvalue weighted by molar-refractivity contribution is -0.123. The first-order valence-electron chi connectivity index (χ1n) is 13.4. The van der Waals surface area contributed by atoms with Crippen LogP contribution in [0.4, 0.5) is 10.1 Å². The Morgan fingerprint density at radius 3 is 2.53 bits per heavy atom. The summed E-state index contributed by atoms with van der Waals surface area (Å²) in [5.41, 5.74) is 0.146. The molecular weight excluding hydrogens is 526 g/mol.